The standard InChI is InChI=1S/C6H5NO3S/c8-4-1-3(6(9)10)2-5(11)7-4/h1-2H,(H,9,10)(H2,7,8,11). The van der Waals surface area contributed by atoms with Crippen LogP contribution in [0.3, 0.4) is 0 Å². The summed E-state index contributed by atoms with van der Waals surface area (Å²) in [6.07, 6.45) is 0. The van der Waals surface area contributed by atoms with Crippen molar-refractivity contribution in [1.82, 2.24) is 4.98 Å². The molecule has 0 saturated heterocycles. The summed E-state index contributed by atoms with van der Waals surface area (Å²) in [5.74, 6) is -1.13. The highest BCUT2D eigenvalue weighted by atomic mass is 32.1. The number of H-pyrrole nitrogens is 1. The van der Waals surface area contributed by atoms with Crippen LogP contribution in [0.4, 0.5) is 0 Å². The molecule has 0 fully saturated rings. The molecule has 0 saturated carbocycles. The lowest BCUT2D eigenvalue weighted by molar-refractivity contribution is 0.0696. The topological polar surface area (TPSA) is 70.2 Å². The van der Waals surface area contributed by atoms with Crippen LogP contribution in [-0.2, 0) is 0 Å². The molecule has 0 aliphatic rings. The minimum Gasteiger partial charge on any atom is -0.478 e. The zero-order valence-electron chi connectivity index (χ0n) is 5.37. The van der Waals surface area contributed by atoms with Crippen molar-refractivity contribution < 1.29 is 9.90 Å². The Bertz CT molecular complexity index is 344. The molecule has 1 aromatic heterocycles. The first-order valence-corrected chi connectivity index (χ1v) is 3.21. The third kappa shape index (κ3) is 1.84. The van der Waals surface area contributed by atoms with Gasteiger partial charge in [-0.25, -0.2) is 4.79 Å². The molecule has 0 unspecified atom stereocenters. The molecule has 1 heterocycles. The summed E-state index contributed by atoms with van der Waals surface area (Å²) in [6, 6.07) is 2.27. The van der Waals surface area contributed by atoms with Crippen LogP contribution in [0.1, 0.15) is 10.4 Å². The number of carbonyl (C=O) groups is 1. The van der Waals surface area contributed by atoms with Crippen LogP contribution in [0.5, 0.6) is 0 Å². The van der Waals surface area contributed by atoms with Crippen molar-refractivity contribution in [2.24, 2.45) is 0 Å². The Morgan fingerprint density at radius 3 is 2.64 bits per heavy atom. The minimum atomic E-state index is -1.13. The largest absolute Gasteiger partial charge is 0.478 e. The lowest BCUT2D eigenvalue weighted by atomic mass is 10.3. The molecular formula is C6H5NO3S. The van der Waals surface area contributed by atoms with E-state index in [1.165, 1.54) is 6.07 Å². The summed E-state index contributed by atoms with van der Waals surface area (Å²) in [4.78, 5) is 23.3. The fourth-order valence-electron chi connectivity index (χ4n) is 0.652. The number of carboxylic acid groups (broad SMARTS) is 1. The number of hydrogen-bond donors (Lipinski definition) is 3. The molecule has 0 aromatic carbocycles. The molecule has 2 N–H and O–H groups in total. The summed E-state index contributed by atoms with van der Waals surface area (Å²) < 4.78 is 0. The van der Waals surface area contributed by atoms with E-state index in [0.717, 1.165) is 6.07 Å². The fourth-order valence-corrected chi connectivity index (χ4v) is 0.901. The van der Waals surface area contributed by atoms with Gasteiger partial charge in [0.1, 0.15) is 0 Å². The first kappa shape index (κ1) is 7.87. The van der Waals surface area contributed by atoms with E-state index >= 15 is 0 Å². The zero-order valence-corrected chi connectivity index (χ0v) is 6.26. The number of rotatable bonds is 1. The highest BCUT2D eigenvalue weighted by Crippen LogP contribution is 2.01. The Hall–Kier alpha value is -1.23. The van der Waals surface area contributed by atoms with Crippen molar-refractivity contribution in [2.75, 3.05) is 0 Å². The van der Waals surface area contributed by atoms with Gasteiger partial charge in [-0.1, -0.05) is 0 Å². The van der Waals surface area contributed by atoms with Crippen molar-refractivity contribution in [3.05, 3.63) is 28.0 Å². The lowest BCUT2D eigenvalue weighted by Gasteiger charge is -1.93. The average Bonchev–Trinajstić information content (AvgIpc) is 1.85. The van der Waals surface area contributed by atoms with Crippen LogP contribution < -0.4 is 5.56 Å². The van der Waals surface area contributed by atoms with E-state index in [9.17, 15) is 9.59 Å². The van der Waals surface area contributed by atoms with Crippen molar-refractivity contribution in [3.8, 4) is 0 Å². The maximum Gasteiger partial charge on any atom is 0.335 e. The highest BCUT2D eigenvalue weighted by Gasteiger charge is 2.03. The Morgan fingerprint density at radius 2 is 2.18 bits per heavy atom. The smallest absolute Gasteiger partial charge is 0.335 e. The number of nitrogens with one attached hydrogen (secondary N) is 1. The van der Waals surface area contributed by atoms with Gasteiger partial charge in [0.25, 0.3) is 0 Å². The number of thiol groups is 1. The van der Waals surface area contributed by atoms with E-state index in [1.807, 2.05) is 0 Å². The summed E-state index contributed by atoms with van der Waals surface area (Å²) in [5, 5.41) is 8.69. The maximum absolute atomic E-state index is 10.6. The molecule has 1 rings (SSSR count). The predicted octanol–water partition coefficient (Wildman–Crippen LogP) is 0.362. The molecular weight excluding hydrogens is 166 g/mol. The van der Waals surface area contributed by atoms with Crippen molar-refractivity contribution in [3.63, 3.8) is 0 Å². The SMILES string of the molecule is O=C(O)c1cc(S)[nH]c(=O)c1. The molecule has 0 radical (unpaired) electrons. The summed E-state index contributed by atoms with van der Waals surface area (Å²) in [5.41, 5.74) is -0.520. The van der Waals surface area contributed by atoms with E-state index in [0.29, 0.717) is 0 Å². The third-order valence-corrected chi connectivity index (χ3v) is 1.32. The van der Waals surface area contributed by atoms with E-state index < -0.39 is 11.5 Å². The van der Waals surface area contributed by atoms with Gasteiger partial charge >= 0.3 is 5.97 Å². The van der Waals surface area contributed by atoms with E-state index in [4.69, 9.17) is 5.11 Å². The predicted molar refractivity (Wildman–Crippen MR) is 41.3 cm³/mol. The normalized spacial score (nSPS) is 9.55. The molecule has 0 amide bonds. The summed E-state index contributed by atoms with van der Waals surface area (Å²) in [7, 11) is 0. The monoisotopic (exact) mass is 171 g/mol. The highest BCUT2D eigenvalue weighted by molar-refractivity contribution is 7.80. The molecule has 1 aromatic rings. The number of aromatic nitrogens is 1. The number of hydrogen-bond acceptors (Lipinski definition) is 3. The molecule has 0 spiro atoms. The number of aromatic amines is 1. The molecule has 0 aliphatic heterocycles. The van der Waals surface area contributed by atoms with Gasteiger partial charge in [0.15, 0.2) is 0 Å². The first-order chi connectivity index (χ1) is 5.09. The zero-order chi connectivity index (χ0) is 8.43. The van der Waals surface area contributed by atoms with Gasteiger partial charge in [-0.3, -0.25) is 4.79 Å². The van der Waals surface area contributed by atoms with Gasteiger partial charge in [0, 0.05) is 6.07 Å². The Morgan fingerprint density at radius 1 is 1.55 bits per heavy atom. The molecule has 0 aliphatic carbocycles. The second kappa shape index (κ2) is 2.79. The first-order valence-electron chi connectivity index (χ1n) is 2.76. The van der Waals surface area contributed by atoms with Crippen LogP contribution in [0, 0.1) is 0 Å². The Kier molecular flexibility index (Phi) is 2.00. The van der Waals surface area contributed by atoms with Gasteiger partial charge in [-0.2, -0.15) is 0 Å². The van der Waals surface area contributed by atoms with E-state index in [1.54, 1.807) is 0 Å². The van der Waals surface area contributed by atoms with Crippen LogP contribution in [0.25, 0.3) is 0 Å². The molecule has 4 nitrogen and oxygen atoms in total. The molecule has 0 bridgehead atoms. The van der Waals surface area contributed by atoms with Gasteiger partial charge in [0.2, 0.25) is 5.56 Å². The van der Waals surface area contributed by atoms with Crippen molar-refractivity contribution in [2.45, 2.75) is 5.03 Å². The third-order valence-electron chi connectivity index (χ3n) is 1.08. The quantitative estimate of drug-likeness (QED) is 0.534. The maximum atomic E-state index is 10.6. The van der Waals surface area contributed by atoms with E-state index in [2.05, 4.69) is 17.6 Å². The van der Waals surface area contributed by atoms with Gasteiger partial charge in [0.05, 0.1) is 10.6 Å². The second-order valence-electron chi connectivity index (χ2n) is 1.92. The molecule has 58 valence electrons. The fraction of sp³-hybridized carbons (Fsp3) is 0. The molecule has 11 heavy (non-hydrogen) atoms. The Balaban J connectivity index is 3.30. The van der Waals surface area contributed by atoms with Crippen LogP contribution >= 0.6 is 12.6 Å². The molecule has 0 atom stereocenters. The summed E-state index contributed by atoms with van der Waals surface area (Å²) in [6.45, 7) is 0. The van der Waals surface area contributed by atoms with Gasteiger partial charge in [-0.15, -0.1) is 12.6 Å². The molecule has 5 heteroatoms. The second-order valence-corrected chi connectivity index (χ2v) is 2.41. The van der Waals surface area contributed by atoms with Crippen LogP contribution in [-0.4, -0.2) is 16.1 Å². The van der Waals surface area contributed by atoms with E-state index in [-0.39, 0.29) is 10.6 Å². The number of carboxylic acids is 1. The average molecular weight is 171 g/mol. The van der Waals surface area contributed by atoms with Gasteiger partial charge in [-0.05, 0) is 6.07 Å². The van der Waals surface area contributed by atoms with Crippen LogP contribution in [0.2, 0.25) is 0 Å². The minimum absolute atomic E-state index is 0.0567. The van der Waals surface area contributed by atoms with Crippen molar-refractivity contribution in [1.29, 1.82) is 0 Å². The van der Waals surface area contributed by atoms with Gasteiger partial charge < -0.3 is 10.1 Å². The van der Waals surface area contributed by atoms with Crippen molar-refractivity contribution >= 4 is 18.6 Å². The number of aromatic carboxylic acids is 1. The Labute approximate surface area is 67.3 Å². The number of pyridine rings is 1. The van der Waals surface area contributed by atoms with Crippen LogP contribution in [0.15, 0.2) is 22.0 Å². The lowest BCUT2D eigenvalue weighted by Crippen LogP contribution is -2.09. The summed E-state index contributed by atoms with van der Waals surface area (Å²) >= 11 is 3.80.